The van der Waals surface area contributed by atoms with Gasteiger partial charge in [0.25, 0.3) is 8.53 Å². The monoisotopic (exact) mass is 237 g/mol. The number of nitrogens with zero attached hydrogens (tertiary/aromatic N) is 1. The van der Waals surface area contributed by atoms with Gasteiger partial charge in [0.1, 0.15) is 0 Å². The van der Waals surface area contributed by atoms with E-state index in [1.54, 1.807) is 0 Å². The van der Waals surface area contributed by atoms with E-state index >= 15 is 0 Å². The normalized spacial score (nSPS) is 12.9. The maximum atomic E-state index is 5.58. The van der Waals surface area contributed by atoms with Gasteiger partial charge in [0, 0.05) is 0 Å². The number of hydrogen-bond acceptors (Lipinski definition) is 3. The minimum atomic E-state index is -1.06. The maximum absolute atomic E-state index is 5.58. The maximum Gasteiger partial charge on any atom is 0.258 e. The van der Waals surface area contributed by atoms with Gasteiger partial charge in [-0.1, -0.05) is 19.6 Å². The smallest absolute Gasteiger partial charge is 0.258 e. The molecule has 0 N–H and O–H groups in total. The second kappa shape index (κ2) is 6.91. The fourth-order valence-corrected chi connectivity index (χ4v) is 5.22. The summed E-state index contributed by atoms with van der Waals surface area (Å²) < 4.78 is 13.4. The van der Waals surface area contributed by atoms with Crippen molar-refractivity contribution in [3.8, 4) is 0 Å². The van der Waals surface area contributed by atoms with Crippen LogP contribution in [0.4, 0.5) is 0 Å². The van der Waals surface area contributed by atoms with Gasteiger partial charge < -0.3 is 9.05 Å². The highest BCUT2D eigenvalue weighted by Crippen LogP contribution is 2.41. The molecule has 0 aromatic heterocycles. The summed E-state index contributed by atoms with van der Waals surface area (Å²) in [6.45, 7) is 12.5. The third kappa shape index (κ3) is 6.90. The molecular formula is C9H24NO2PSi. The summed E-state index contributed by atoms with van der Waals surface area (Å²) in [4.78, 5) is 0. The highest BCUT2D eigenvalue weighted by Gasteiger charge is 2.23. The molecule has 0 aromatic carbocycles. The lowest BCUT2D eigenvalue weighted by Crippen LogP contribution is -2.36. The van der Waals surface area contributed by atoms with Crippen LogP contribution in [0, 0.1) is 0 Å². The molecular weight excluding hydrogens is 213 g/mol. The van der Waals surface area contributed by atoms with Crippen LogP contribution in [0.2, 0.25) is 19.6 Å². The molecule has 0 radical (unpaired) electrons. The third-order valence-electron chi connectivity index (χ3n) is 1.46. The van der Waals surface area contributed by atoms with Crippen molar-refractivity contribution in [2.45, 2.75) is 33.5 Å². The molecule has 0 amide bonds. The quantitative estimate of drug-likeness (QED) is 0.501. The van der Waals surface area contributed by atoms with Crippen LogP contribution in [-0.2, 0) is 9.05 Å². The molecule has 0 aliphatic carbocycles. The number of hydrogen-bond donors (Lipinski definition) is 0. The van der Waals surface area contributed by atoms with Crippen LogP contribution in [0.3, 0.4) is 0 Å². The highest BCUT2D eigenvalue weighted by molar-refractivity contribution is 7.44. The van der Waals surface area contributed by atoms with Crippen molar-refractivity contribution in [1.82, 2.24) is 4.67 Å². The Morgan fingerprint density at radius 2 is 1.50 bits per heavy atom. The lowest BCUT2D eigenvalue weighted by atomic mass is 10.9. The van der Waals surface area contributed by atoms with Crippen LogP contribution >= 0.6 is 8.53 Å². The summed E-state index contributed by atoms with van der Waals surface area (Å²) in [5.41, 5.74) is 0. The van der Waals surface area contributed by atoms with E-state index in [2.05, 4.69) is 31.4 Å². The zero-order valence-electron chi connectivity index (χ0n) is 10.3. The largest absolute Gasteiger partial charge is 0.322 e. The van der Waals surface area contributed by atoms with Crippen LogP contribution in [-0.4, -0.2) is 39.2 Å². The summed E-state index contributed by atoms with van der Waals surface area (Å²) >= 11 is 0. The molecule has 0 bridgehead atoms. The standard InChI is InChI=1S/C9H24NO2PSi/c1-7-11-13(12-8-2)10(3)9-14(4,5)6/h7-9H2,1-6H3. The van der Waals surface area contributed by atoms with Crippen LogP contribution in [0.5, 0.6) is 0 Å². The topological polar surface area (TPSA) is 21.7 Å². The Kier molecular flexibility index (Phi) is 7.17. The van der Waals surface area contributed by atoms with Crippen molar-refractivity contribution < 1.29 is 9.05 Å². The van der Waals surface area contributed by atoms with E-state index in [1.807, 2.05) is 13.8 Å². The SMILES string of the molecule is CCOP(OCC)N(C)C[Si](C)(C)C. The molecule has 14 heavy (non-hydrogen) atoms. The number of rotatable bonds is 7. The molecule has 0 spiro atoms. The summed E-state index contributed by atoms with van der Waals surface area (Å²) in [5.74, 6) is 0. The molecule has 0 saturated carbocycles. The second-order valence-corrected chi connectivity index (χ2v) is 11.6. The Bertz CT molecular complexity index is 146. The Hall–Kier alpha value is 0.527. The zero-order chi connectivity index (χ0) is 11.2. The minimum absolute atomic E-state index is 0.724. The first-order valence-electron chi connectivity index (χ1n) is 5.17. The zero-order valence-corrected chi connectivity index (χ0v) is 12.2. The van der Waals surface area contributed by atoms with Gasteiger partial charge in [0.05, 0.1) is 21.3 Å². The molecule has 0 unspecified atom stereocenters. The predicted molar refractivity (Wildman–Crippen MR) is 66.1 cm³/mol. The average molecular weight is 237 g/mol. The third-order valence-corrected chi connectivity index (χ3v) is 4.81. The molecule has 0 atom stereocenters. The average Bonchev–Trinajstić information content (AvgIpc) is 2.01. The van der Waals surface area contributed by atoms with Gasteiger partial charge in [-0.3, -0.25) is 0 Å². The molecule has 0 fully saturated rings. The molecule has 0 aliphatic heterocycles. The van der Waals surface area contributed by atoms with E-state index in [-0.39, 0.29) is 0 Å². The Labute approximate surface area is 90.8 Å². The van der Waals surface area contributed by atoms with Gasteiger partial charge in [0.2, 0.25) is 0 Å². The highest BCUT2D eigenvalue weighted by atomic mass is 31.2. The van der Waals surface area contributed by atoms with E-state index < -0.39 is 16.6 Å². The molecule has 0 heterocycles. The lowest BCUT2D eigenvalue weighted by Gasteiger charge is -2.30. The first-order chi connectivity index (χ1) is 6.40. The van der Waals surface area contributed by atoms with E-state index in [0.717, 1.165) is 19.4 Å². The second-order valence-electron chi connectivity index (χ2n) is 4.45. The minimum Gasteiger partial charge on any atom is -0.322 e. The molecule has 0 aliphatic rings. The molecule has 0 rings (SSSR count). The van der Waals surface area contributed by atoms with Crippen molar-refractivity contribution in [3.05, 3.63) is 0 Å². The van der Waals surface area contributed by atoms with Crippen LogP contribution in [0.25, 0.3) is 0 Å². The van der Waals surface area contributed by atoms with Gasteiger partial charge in [-0.05, 0) is 27.1 Å². The van der Waals surface area contributed by atoms with Gasteiger partial charge in [-0.15, -0.1) is 0 Å². The first-order valence-corrected chi connectivity index (χ1v) is 10.0. The van der Waals surface area contributed by atoms with E-state index in [4.69, 9.17) is 9.05 Å². The van der Waals surface area contributed by atoms with Crippen LogP contribution < -0.4 is 0 Å². The fraction of sp³-hybridized carbons (Fsp3) is 1.00. The van der Waals surface area contributed by atoms with Gasteiger partial charge in [-0.2, -0.15) is 0 Å². The van der Waals surface area contributed by atoms with E-state index in [1.165, 1.54) is 0 Å². The van der Waals surface area contributed by atoms with Crippen molar-refractivity contribution >= 4 is 16.6 Å². The first kappa shape index (κ1) is 14.5. The van der Waals surface area contributed by atoms with E-state index in [0.29, 0.717) is 0 Å². The fourth-order valence-electron chi connectivity index (χ4n) is 1.20. The molecule has 5 heteroatoms. The van der Waals surface area contributed by atoms with Crippen LogP contribution in [0.15, 0.2) is 0 Å². The summed E-state index contributed by atoms with van der Waals surface area (Å²) in [6, 6.07) is 0. The van der Waals surface area contributed by atoms with Crippen LogP contribution in [0.1, 0.15) is 13.8 Å². The predicted octanol–water partition coefficient (Wildman–Crippen LogP) is 3.10. The molecule has 0 aromatic rings. The van der Waals surface area contributed by atoms with Crippen molar-refractivity contribution in [1.29, 1.82) is 0 Å². The Balaban J connectivity index is 4.06. The Morgan fingerprint density at radius 1 is 1.07 bits per heavy atom. The summed E-state index contributed by atoms with van der Waals surface area (Å²) in [6.07, 6.45) is 1.12. The van der Waals surface area contributed by atoms with Crippen molar-refractivity contribution in [2.75, 3.05) is 26.4 Å². The summed E-state index contributed by atoms with van der Waals surface area (Å²) in [7, 11) is 0.215. The van der Waals surface area contributed by atoms with E-state index in [9.17, 15) is 0 Å². The van der Waals surface area contributed by atoms with Gasteiger partial charge in [0.15, 0.2) is 0 Å². The molecule has 0 saturated heterocycles. The van der Waals surface area contributed by atoms with Gasteiger partial charge in [-0.25, -0.2) is 4.67 Å². The summed E-state index contributed by atoms with van der Waals surface area (Å²) in [5, 5.41) is 0. The molecule has 86 valence electrons. The van der Waals surface area contributed by atoms with Crippen molar-refractivity contribution in [2.24, 2.45) is 0 Å². The Morgan fingerprint density at radius 3 is 1.79 bits per heavy atom. The van der Waals surface area contributed by atoms with Gasteiger partial charge >= 0.3 is 0 Å². The molecule has 3 nitrogen and oxygen atoms in total. The lowest BCUT2D eigenvalue weighted by molar-refractivity contribution is 0.234. The van der Waals surface area contributed by atoms with Crippen molar-refractivity contribution in [3.63, 3.8) is 0 Å².